The first-order valence-corrected chi connectivity index (χ1v) is 2.52. The minimum Gasteiger partial charge on any atom is -0.467 e. The third-order valence-electron chi connectivity index (χ3n) is 0.853. The normalized spacial score (nSPS) is 9.11. The van der Waals surface area contributed by atoms with Crippen molar-refractivity contribution in [1.82, 2.24) is 15.0 Å². The number of nitrogens with zero attached hydrogens (tertiary/aromatic N) is 3. The van der Waals surface area contributed by atoms with E-state index < -0.39 is 0 Å². The Bertz CT molecular complexity index is 201. The maximum absolute atomic E-state index is 4.73. The summed E-state index contributed by atoms with van der Waals surface area (Å²) in [6, 6.07) is 0.363. The van der Waals surface area contributed by atoms with E-state index in [4.69, 9.17) is 4.74 Å². The van der Waals surface area contributed by atoms with Crippen LogP contribution in [0, 0.1) is 6.92 Å². The Balaban J connectivity index is 2.94. The van der Waals surface area contributed by atoms with Crippen molar-refractivity contribution in [3.63, 3.8) is 0 Å². The SMILES string of the molecule is COc1ncnc(C)n1. The third-order valence-corrected chi connectivity index (χ3v) is 0.853. The van der Waals surface area contributed by atoms with Gasteiger partial charge in [-0.15, -0.1) is 0 Å². The van der Waals surface area contributed by atoms with Crippen molar-refractivity contribution in [2.45, 2.75) is 6.92 Å². The molecule has 0 aromatic carbocycles. The van der Waals surface area contributed by atoms with Gasteiger partial charge in [0, 0.05) is 0 Å². The number of ether oxygens (including phenoxy) is 1. The Morgan fingerprint density at radius 3 is 2.67 bits per heavy atom. The molecule has 48 valence electrons. The lowest BCUT2D eigenvalue weighted by Crippen LogP contribution is -1.94. The summed E-state index contributed by atoms with van der Waals surface area (Å²) in [5, 5.41) is 0. The van der Waals surface area contributed by atoms with Crippen molar-refractivity contribution in [2.24, 2.45) is 0 Å². The molecule has 0 aliphatic rings. The zero-order valence-corrected chi connectivity index (χ0v) is 5.33. The highest BCUT2D eigenvalue weighted by Gasteiger charge is 1.91. The highest BCUT2D eigenvalue weighted by molar-refractivity contribution is 4.92. The number of hydrogen-bond acceptors (Lipinski definition) is 4. The number of aryl methyl sites for hydroxylation is 1. The maximum atomic E-state index is 4.73. The van der Waals surface area contributed by atoms with Gasteiger partial charge in [-0.3, -0.25) is 0 Å². The van der Waals surface area contributed by atoms with E-state index in [1.807, 2.05) is 0 Å². The molecular formula is C5H7N3O. The van der Waals surface area contributed by atoms with Gasteiger partial charge >= 0.3 is 6.01 Å². The van der Waals surface area contributed by atoms with Crippen molar-refractivity contribution < 1.29 is 4.74 Å². The summed E-state index contributed by atoms with van der Waals surface area (Å²) in [5.74, 6) is 0.668. The molecule has 0 amide bonds. The van der Waals surface area contributed by atoms with Gasteiger partial charge in [-0.2, -0.15) is 9.97 Å². The van der Waals surface area contributed by atoms with Crippen LogP contribution in [0.2, 0.25) is 0 Å². The second kappa shape index (κ2) is 2.39. The molecule has 1 heterocycles. The Kier molecular flexibility index (Phi) is 1.58. The van der Waals surface area contributed by atoms with Crippen molar-refractivity contribution in [3.05, 3.63) is 12.2 Å². The molecule has 0 spiro atoms. The van der Waals surface area contributed by atoms with Crippen LogP contribution >= 0.6 is 0 Å². The van der Waals surface area contributed by atoms with Crippen molar-refractivity contribution in [1.29, 1.82) is 0 Å². The van der Waals surface area contributed by atoms with Crippen LogP contribution in [-0.2, 0) is 0 Å². The summed E-state index contributed by atoms with van der Waals surface area (Å²) in [5.41, 5.74) is 0. The molecule has 0 unspecified atom stereocenters. The second-order valence-electron chi connectivity index (χ2n) is 1.52. The third kappa shape index (κ3) is 1.35. The predicted octanol–water partition coefficient (Wildman–Crippen LogP) is 0.189. The van der Waals surface area contributed by atoms with E-state index in [-0.39, 0.29) is 0 Å². The first-order chi connectivity index (χ1) is 4.33. The fourth-order valence-electron chi connectivity index (χ4n) is 0.456. The first kappa shape index (κ1) is 5.94. The van der Waals surface area contributed by atoms with Crippen LogP contribution in [0.15, 0.2) is 6.33 Å². The molecule has 0 bridgehead atoms. The standard InChI is InChI=1S/C5H7N3O/c1-4-6-3-7-5(8-4)9-2/h3H,1-2H3. The van der Waals surface area contributed by atoms with Gasteiger partial charge in [-0.05, 0) is 6.92 Å². The molecule has 1 aromatic rings. The van der Waals surface area contributed by atoms with E-state index in [1.54, 1.807) is 6.92 Å². The lowest BCUT2D eigenvalue weighted by atomic mass is 10.7. The monoisotopic (exact) mass is 125 g/mol. The summed E-state index contributed by atoms with van der Waals surface area (Å²) in [4.78, 5) is 11.3. The van der Waals surface area contributed by atoms with E-state index in [9.17, 15) is 0 Å². The van der Waals surface area contributed by atoms with Crippen LogP contribution in [0.4, 0.5) is 0 Å². The van der Waals surface area contributed by atoms with Crippen LogP contribution in [0.5, 0.6) is 6.01 Å². The number of methoxy groups -OCH3 is 1. The van der Waals surface area contributed by atoms with Crippen molar-refractivity contribution in [2.75, 3.05) is 7.11 Å². The average Bonchev–Trinajstić information content (AvgIpc) is 1.88. The predicted molar refractivity (Wildman–Crippen MR) is 31.1 cm³/mol. The van der Waals surface area contributed by atoms with Crippen molar-refractivity contribution >= 4 is 0 Å². The number of rotatable bonds is 1. The van der Waals surface area contributed by atoms with E-state index >= 15 is 0 Å². The highest BCUT2D eigenvalue weighted by Crippen LogP contribution is 1.95. The molecule has 0 atom stereocenters. The zero-order chi connectivity index (χ0) is 6.69. The molecule has 0 aliphatic heterocycles. The minimum absolute atomic E-state index is 0.363. The maximum Gasteiger partial charge on any atom is 0.319 e. The van der Waals surface area contributed by atoms with Gasteiger partial charge in [0.1, 0.15) is 12.2 Å². The number of hydrogen-bond donors (Lipinski definition) is 0. The van der Waals surface area contributed by atoms with Gasteiger partial charge in [0.2, 0.25) is 0 Å². The van der Waals surface area contributed by atoms with Gasteiger partial charge in [0.15, 0.2) is 0 Å². The molecule has 1 aromatic heterocycles. The lowest BCUT2D eigenvalue weighted by Gasteiger charge is -1.94. The summed E-state index contributed by atoms with van der Waals surface area (Å²) in [6.45, 7) is 1.78. The van der Waals surface area contributed by atoms with E-state index in [0.29, 0.717) is 11.8 Å². The van der Waals surface area contributed by atoms with E-state index in [1.165, 1.54) is 13.4 Å². The largest absolute Gasteiger partial charge is 0.467 e. The number of aromatic nitrogens is 3. The smallest absolute Gasteiger partial charge is 0.319 e. The zero-order valence-electron chi connectivity index (χ0n) is 5.33. The summed E-state index contributed by atoms with van der Waals surface area (Å²) in [7, 11) is 1.52. The topological polar surface area (TPSA) is 47.9 Å². The highest BCUT2D eigenvalue weighted by atomic mass is 16.5. The van der Waals surface area contributed by atoms with Gasteiger partial charge in [0.25, 0.3) is 0 Å². The molecule has 0 saturated heterocycles. The molecule has 0 saturated carbocycles. The van der Waals surface area contributed by atoms with Crippen LogP contribution in [0.25, 0.3) is 0 Å². The van der Waals surface area contributed by atoms with E-state index in [0.717, 1.165) is 0 Å². The second-order valence-corrected chi connectivity index (χ2v) is 1.52. The van der Waals surface area contributed by atoms with Crippen LogP contribution < -0.4 is 4.74 Å². The van der Waals surface area contributed by atoms with Gasteiger partial charge in [-0.1, -0.05) is 0 Å². The quantitative estimate of drug-likeness (QED) is 0.537. The minimum atomic E-state index is 0.363. The Morgan fingerprint density at radius 2 is 2.22 bits per heavy atom. The van der Waals surface area contributed by atoms with Gasteiger partial charge in [-0.25, -0.2) is 4.98 Å². The molecule has 0 radical (unpaired) electrons. The molecule has 0 fully saturated rings. The summed E-state index contributed by atoms with van der Waals surface area (Å²) in [6.07, 6.45) is 1.42. The summed E-state index contributed by atoms with van der Waals surface area (Å²) >= 11 is 0. The molecule has 0 N–H and O–H groups in total. The Hall–Kier alpha value is -1.19. The molecule has 4 heteroatoms. The molecule has 0 aliphatic carbocycles. The van der Waals surface area contributed by atoms with Crippen LogP contribution in [0.3, 0.4) is 0 Å². The van der Waals surface area contributed by atoms with E-state index in [2.05, 4.69) is 15.0 Å². The first-order valence-electron chi connectivity index (χ1n) is 2.52. The van der Waals surface area contributed by atoms with Gasteiger partial charge in [0.05, 0.1) is 7.11 Å². The summed E-state index contributed by atoms with van der Waals surface area (Å²) < 4.78 is 4.73. The molecule has 1 rings (SSSR count). The van der Waals surface area contributed by atoms with Crippen LogP contribution in [0.1, 0.15) is 5.82 Å². The Labute approximate surface area is 52.9 Å². The fourth-order valence-corrected chi connectivity index (χ4v) is 0.456. The fraction of sp³-hybridized carbons (Fsp3) is 0.400. The average molecular weight is 125 g/mol. The molecule has 9 heavy (non-hydrogen) atoms. The lowest BCUT2D eigenvalue weighted by molar-refractivity contribution is 0.376. The van der Waals surface area contributed by atoms with Crippen molar-refractivity contribution in [3.8, 4) is 6.01 Å². The molecule has 4 nitrogen and oxygen atoms in total. The Morgan fingerprint density at radius 1 is 1.44 bits per heavy atom. The van der Waals surface area contributed by atoms with Crippen LogP contribution in [-0.4, -0.2) is 22.1 Å². The molecular weight excluding hydrogens is 118 g/mol. The van der Waals surface area contributed by atoms with Gasteiger partial charge < -0.3 is 4.74 Å².